The zero-order valence-corrected chi connectivity index (χ0v) is 11.5. The van der Waals surface area contributed by atoms with E-state index in [4.69, 9.17) is 11.5 Å². The highest BCUT2D eigenvalue weighted by Crippen LogP contribution is 2.30. The molecule has 1 saturated heterocycles. The van der Waals surface area contributed by atoms with Crippen molar-refractivity contribution < 1.29 is 4.79 Å². The second-order valence-corrected chi connectivity index (χ2v) is 5.71. The van der Waals surface area contributed by atoms with Gasteiger partial charge in [0.25, 0.3) is 5.91 Å². The van der Waals surface area contributed by atoms with Crippen molar-refractivity contribution in [1.82, 2.24) is 9.88 Å². The molecule has 1 aromatic rings. The molecule has 18 heavy (non-hydrogen) atoms. The van der Waals surface area contributed by atoms with Gasteiger partial charge in [0.1, 0.15) is 10.7 Å². The molecule has 0 aliphatic carbocycles. The average Bonchev–Trinajstić information content (AvgIpc) is 2.71. The lowest BCUT2D eigenvalue weighted by Gasteiger charge is -2.29. The van der Waals surface area contributed by atoms with Crippen LogP contribution in [0.4, 0.5) is 10.9 Å². The molecule has 0 aromatic carbocycles. The minimum absolute atomic E-state index is 0.0926. The zero-order chi connectivity index (χ0) is 13.3. The van der Waals surface area contributed by atoms with Crippen LogP contribution in [0.2, 0.25) is 0 Å². The number of carbonyl (C=O) groups excluding carboxylic acids is 1. The number of nitrogens with zero attached hydrogens (tertiary/aromatic N) is 3. The Morgan fingerprint density at radius 3 is 2.61 bits per heavy atom. The van der Waals surface area contributed by atoms with E-state index < -0.39 is 0 Å². The van der Waals surface area contributed by atoms with Crippen LogP contribution >= 0.6 is 11.3 Å². The van der Waals surface area contributed by atoms with E-state index >= 15 is 0 Å². The molecule has 1 aromatic heterocycles. The normalized spacial score (nSPS) is 16.9. The quantitative estimate of drug-likeness (QED) is 0.809. The average molecular weight is 269 g/mol. The lowest BCUT2D eigenvalue weighted by Crippen LogP contribution is -2.39. The SMILES string of the molecule is CN(C)C(=O)c1sc(N2CCC(N)CC2)nc1N. The summed E-state index contributed by atoms with van der Waals surface area (Å²) in [5.74, 6) is 0.230. The third-order valence-corrected chi connectivity index (χ3v) is 4.17. The van der Waals surface area contributed by atoms with Crippen molar-refractivity contribution in [2.24, 2.45) is 5.73 Å². The van der Waals surface area contributed by atoms with Gasteiger partial charge in [-0.25, -0.2) is 4.98 Å². The Morgan fingerprint density at radius 2 is 2.06 bits per heavy atom. The Kier molecular flexibility index (Phi) is 3.72. The van der Waals surface area contributed by atoms with Crippen LogP contribution in [0.3, 0.4) is 0 Å². The van der Waals surface area contributed by atoms with E-state index in [0.29, 0.717) is 10.7 Å². The molecule has 1 amide bonds. The summed E-state index contributed by atoms with van der Waals surface area (Å²) < 4.78 is 0. The van der Waals surface area contributed by atoms with Gasteiger partial charge in [0.05, 0.1) is 0 Å². The first-order chi connectivity index (χ1) is 8.49. The minimum atomic E-state index is -0.0926. The largest absolute Gasteiger partial charge is 0.382 e. The van der Waals surface area contributed by atoms with Crippen LogP contribution in [0.1, 0.15) is 22.5 Å². The molecule has 1 fully saturated rings. The van der Waals surface area contributed by atoms with E-state index in [1.165, 1.54) is 16.2 Å². The fourth-order valence-corrected chi connectivity index (χ4v) is 2.96. The molecule has 0 radical (unpaired) electrons. The Hall–Kier alpha value is -1.34. The van der Waals surface area contributed by atoms with Crippen LogP contribution < -0.4 is 16.4 Å². The standard InChI is InChI=1S/C11H19N5OS/c1-15(2)10(17)8-9(13)14-11(18-8)16-5-3-7(12)4-6-16/h7H,3-6,12-13H2,1-2H3. The summed E-state index contributed by atoms with van der Waals surface area (Å²) in [7, 11) is 3.42. The summed E-state index contributed by atoms with van der Waals surface area (Å²) in [6.07, 6.45) is 1.91. The zero-order valence-electron chi connectivity index (χ0n) is 10.7. The van der Waals surface area contributed by atoms with Crippen LogP contribution in [-0.4, -0.2) is 49.0 Å². The highest BCUT2D eigenvalue weighted by atomic mass is 32.1. The lowest BCUT2D eigenvalue weighted by molar-refractivity contribution is 0.0833. The van der Waals surface area contributed by atoms with Crippen molar-refractivity contribution in [3.8, 4) is 0 Å². The highest BCUT2D eigenvalue weighted by molar-refractivity contribution is 7.18. The van der Waals surface area contributed by atoms with Crippen molar-refractivity contribution >= 4 is 28.2 Å². The molecular weight excluding hydrogens is 250 g/mol. The van der Waals surface area contributed by atoms with Crippen LogP contribution in [0, 0.1) is 0 Å². The Labute approximate surface area is 111 Å². The first-order valence-corrected chi connectivity index (χ1v) is 6.79. The number of aromatic nitrogens is 1. The van der Waals surface area contributed by atoms with Gasteiger partial charge < -0.3 is 21.3 Å². The van der Waals surface area contributed by atoms with Crippen LogP contribution in [0.5, 0.6) is 0 Å². The van der Waals surface area contributed by atoms with Gasteiger partial charge >= 0.3 is 0 Å². The molecule has 0 atom stereocenters. The van der Waals surface area contributed by atoms with E-state index in [0.717, 1.165) is 31.1 Å². The van der Waals surface area contributed by atoms with Gasteiger partial charge in [0.15, 0.2) is 5.13 Å². The van der Waals surface area contributed by atoms with Crippen LogP contribution in [0.15, 0.2) is 0 Å². The van der Waals surface area contributed by atoms with Crippen molar-refractivity contribution in [3.05, 3.63) is 4.88 Å². The van der Waals surface area contributed by atoms with Crippen molar-refractivity contribution in [3.63, 3.8) is 0 Å². The number of piperidine rings is 1. The monoisotopic (exact) mass is 269 g/mol. The number of nitrogens with two attached hydrogens (primary N) is 2. The molecule has 6 nitrogen and oxygen atoms in total. The maximum atomic E-state index is 11.9. The Morgan fingerprint density at radius 1 is 1.44 bits per heavy atom. The number of amides is 1. The third kappa shape index (κ3) is 2.56. The van der Waals surface area contributed by atoms with Crippen LogP contribution in [-0.2, 0) is 0 Å². The molecule has 100 valence electrons. The third-order valence-electron chi connectivity index (χ3n) is 3.05. The second kappa shape index (κ2) is 5.11. The summed E-state index contributed by atoms with van der Waals surface area (Å²) in [4.78, 5) is 20.4. The summed E-state index contributed by atoms with van der Waals surface area (Å²) in [5, 5.41) is 0.824. The van der Waals surface area contributed by atoms with Gasteiger partial charge in [-0.3, -0.25) is 4.79 Å². The number of hydrogen-bond acceptors (Lipinski definition) is 6. The number of carbonyl (C=O) groups is 1. The van der Waals surface area contributed by atoms with E-state index in [1.807, 2.05) is 0 Å². The molecule has 1 aliphatic heterocycles. The van der Waals surface area contributed by atoms with Gasteiger partial charge in [-0.15, -0.1) is 0 Å². The van der Waals surface area contributed by atoms with Crippen molar-refractivity contribution in [2.45, 2.75) is 18.9 Å². The summed E-state index contributed by atoms with van der Waals surface area (Å²) in [6.45, 7) is 1.76. The topological polar surface area (TPSA) is 88.5 Å². The Bertz CT molecular complexity index is 437. The predicted molar refractivity (Wildman–Crippen MR) is 74.0 cm³/mol. The molecule has 1 aliphatic rings. The van der Waals surface area contributed by atoms with Crippen molar-refractivity contribution in [1.29, 1.82) is 0 Å². The Balaban J connectivity index is 2.16. The van der Waals surface area contributed by atoms with E-state index in [2.05, 4.69) is 9.88 Å². The summed E-state index contributed by atoms with van der Waals surface area (Å²) >= 11 is 1.36. The molecule has 0 unspecified atom stereocenters. The van der Waals surface area contributed by atoms with Gasteiger partial charge in [-0.1, -0.05) is 11.3 Å². The van der Waals surface area contributed by atoms with Crippen LogP contribution in [0.25, 0.3) is 0 Å². The molecule has 4 N–H and O–H groups in total. The van der Waals surface area contributed by atoms with E-state index in [-0.39, 0.29) is 11.9 Å². The highest BCUT2D eigenvalue weighted by Gasteiger charge is 2.23. The van der Waals surface area contributed by atoms with Crippen molar-refractivity contribution in [2.75, 3.05) is 37.8 Å². The number of anilines is 2. The number of rotatable bonds is 2. The first-order valence-electron chi connectivity index (χ1n) is 5.97. The predicted octanol–water partition coefficient (Wildman–Crippen LogP) is 0.355. The molecule has 0 saturated carbocycles. The smallest absolute Gasteiger partial charge is 0.267 e. The molecule has 2 rings (SSSR count). The molecule has 0 spiro atoms. The number of nitrogen functional groups attached to an aromatic ring is 1. The fraction of sp³-hybridized carbons (Fsp3) is 0.636. The summed E-state index contributed by atoms with van der Waals surface area (Å²) in [6, 6.07) is 0.279. The number of hydrogen-bond donors (Lipinski definition) is 2. The van der Waals surface area contributed by atoms with E-state index in [1.54, 1.807) is 14.1 Å². The molecule has 7 heteroatoms. The number of thiazole rings is 1. The summed E-state index contributed by atoms with van der Waals surface area (Å²) in [5.41, 5.74) is 11.7. The molecular formula is C11H19N5OS. The van der Waals surface area contributed by atoms with Gasteiger partial charge in [-0.2, -0.15) is 0 Å². The van der Waals surface area contributed by atoms with E-state index in [9.17, 15) is 4.79 Å². The van der Waals surface area contributed by atoms with Gasteiger partial charge in [0, 0.05) is 33.2 Å². The molecule has 2 heterocycles. The lowest BCUT2D eigenvalue weighted by atomic mass is 10.1. The first kappa shape index (κ1) is 13.1. The van der Waals surface area contributed by atoms with Gasteiger partial charge in [-0.05, 0) is 12.8 Å². The fourth-order valence-electron chi connectivity index (χ4n) is 1.90. The van der Waals surface area contributed by atoms with Gasteiger partial charge in [0.2, 0.25) is 0 Å². The second-order valence-electron chi connectivity index (χ2n) is 4.73. The maximum Gasteiger partial charge on any atom is 0.267 e. The molecule has 0 bridgehead atoms. The minimum Gasteiger partial charge on any atom is -0.382 e. The maximum absolute atomic E-state index is 11.9.